The molecule has 17 heavy (non-hydrogen) atoms. The van der Waals surface area contributed by atoms with E-state index in [1.54, 1.807) is 0 Å². The number of nitrogens with two attached hydrogens (primary N) is 1. The molecule has 5 nitrogen and oxygen atoms in total. The highest BCUT2D eigenvalue weighted by Gasteiger charge is 2.27. The number of alkyl halides is 3. The van der Waals surface area contributed by atoms with Crippen LogP contribution in [0.4, 0.5) is 19.0 Å². The SMILES string of the molecule is Nc1ccc(S(=O)(=O)NCCC(F)(F)F)cn1. The molecule has 1 heterocycles. The predicted octanol–water partition coefficient (Wildman–Crippen LogP) is 0.895. The number of hydrogen-bond acceptors (Lipinski definition) is 4. The van der Waals surface area contributed by atoms with E-state index in [1.807, 2.05) is 4.72 Å². The van der Waals surface area contributed by atoms with Crippen molar-refractivity contribution < 1.29 is 21.6 Å². The molecule has 0 aliphatic rings. The smallest absolute Gasteiger partial charge is 0.384 e. The second kappa shape index (κ2) is 4.88. The first kappa shape index (κ1) is 13.7. The number of nitrogen functional groups attached to an aromatic ring is 1. The van der Waals surface area contributed by atoms with E-state index in [0.29, 0.717) is 0 Å². The van der Waals surface area contributed by atoms with Crippen molar-refractivity contribution in [3.8, 4) is 0 Å². The van der Waals surface area contributed by atoms with E-state index in [2.05, 4.69) is 4.98 Å². The maximum Gasteiger partial charge on any atom is 0.390 e. The number of hydrogen-bond donors (Lipinski definition) is 2. The van der Waals surface area contributed by atoms with Crippen molar-refractivity contribution in [2.75, 3.05) is 12.3 Å². The van der Waals surface area contributed by atoms with Gasteiger partial charge in [-0.3, -0.25) is 0 Å². The highest BCUT2D eigenvalue weighted by atomic mass is 32.2. The largest absolute Gasteiger partial charge is 0.390 e. The molecule has 0 saturated heterocycles. The summed E-state index contributed by atoms with van der Waals surface area (Å²) in [4.78, 5) is 3.31. The first-order valence-electron chi connectivity index (χ1n) is 4.49. The predicted molar refractivity (Wildman–Crippen MR) is 54.5 cm³/mol. The molecule has 9 heteroatoms. The number of aromatic nitrogens is 1. The van der Waals surface area contributed by atoms with E-state index in [1.165, 1.54) is 6.07 Å². The Morgan fingerprint density at radius 1 is 1.35 bits per heavy atom. The zero-order valence-corrected chi connectivity index (χ0v) is 9.35. The lowest BCUT2D eigenvalue weighted by atomic mass is 10.4. The van der Waals surface area contributed by atoms with Gasteiger partial charge < -0.3 is 5.73 Å². The topological polar surface area (TPSA) is 85.1 Å². The summed E-state index contributed by atoms with van der Waals surface area (Å²) in [5.41, 5.74) is 5.25. The lowest BCUT2D eigenvalue weighted by Gasteiger charge is -2.08. The second-order valence-corrected chi connectivity index (χ2v) is 4.95. The number of rotatable bonds is 4. The van der Waals surface area contributed by atoms with Gasteiger partial charge in [0.05, 0.1) is 6.42 Å². The third-order valence-corrected chi connectivity index (χ3v) is 3.22. The second-order valence-electron chi connectivity index (χ2n) is 3.18. The quantitative estimate of drug-likeness (QED) is 0.850. The minimum Gasteiger partial charge on any atom is -0.384 e. The molecule has 0 unspecified atom stereocenters. The van der Waals surface area contributed by atoms with E-state index in [9.17, 15) is 21.6 Å². The van der Waals surface area contributed by atoms with Crippen LogP contribution in [0, 0.1) is 0 Å². The molecular formula is C8H10F3N3O2S. The molecule has 1 aromatic heterocycles. The fourth-order valence-corrected chi connectivity index (χ4v) is 1.94. The summed E-state index contributed by atoms with van der Waals surface area (Å²) in [6.45, 7) is -0.712. The third-order valence-electron chi connectivity index (χ3n) is 1.77. The van der Waals surface area contributed by atoms with Crippen LogP contribution < -0.4 is 10.5 Å². The van der Waals surface area contributed by atoms with Gasteiger partial charge in [0.15, 0.2) is 0 Å². The summed E-state index contributed by atoms with van der Waals surface area (Å²) in [5, 5.41) is 0. The van der Waals surface area contributed by atoms with Crippen molar-refractivity contribution >= 4 is 15.8 Å². The molecule has 0 amide bonds. The van der Waals surface area contributed by atoms with Crippen LogP contribution in [0.15, 0.2) is 23.2 Å². The van der Waals surface area contributed by atoms with Crippen LogP contribution in [0.5, 0.6) is 0 Å². The van der Waals surface area contributed by atoms with Crippen molar-refractivity contribution in [1.82, 2.24) is 9.71 Å². The zero-order chi connectivity index (χ0) is 13.1. The van der Waals surface area contributed by atoms with Crippen LogP contribution in [0.25, 0.3) is 0 Å². The Kier molecular flexibility index (Phi) is 3.94. The monoisotopic (exact) mass is 269 g/mol. The third kappa shape index (κ3) is 4.57. The number of pyridine rings is 1. The Balaban J connectivity index is 2.66. The normalized spacial score (nSPS) is 12.6. The molecule has 0 aliphatic heterocycles. The number of halogens is 3. The van der Waals surface area contributed by atoms with Crippen LogP contribution in [0.3, 0.4) is 0 Å². The molecular weight excluding hydrogens is 259 g/mol. The maximum absolute atomic E-state index is 11.8. The van der Waals surface area contributed by atoms with Crippen LogP contribution in [0.2, 0.25) is 0 Å². The fraction of sp³-hybridized carbons (Fsp3) is 0.375. The average Bonchev–Trinajstić information content (AvgIpc) is 2.15. The summed E-state index contributed by atoms with van der Waals surface area (Å²) >= 11 is 0. The number of sulfonamides is 1. The van der Waals surface area contributed by atoms with Crippen LogP contribution in [0.1, 0.15) is 6.42 Å². The Morgan fingerprint density at radius 2 is 2.00 bits per heavy atom. The molecule has 0 fully saturated rings. The summed E-state index contributed by atoms with van der Waals surface area (Å²) in [6.07, 6.45) is -4.65. The van der Waals surface area contributed by atoms with Crippen molar-refractivity contribution in [3.05, 3.63) is 18.3 Å². The maximum atomic E-state index is 11.8. The Bertz CT molecular complexity index is 470. The van der Waals surface area contributed by atoms with Gasteiger partial charge in [-0.15, -0.1) is 0 Å². The van der Waals surface area contributed by atoms with Gasteiger partial charge in [0.1, 0.15) is 10.7 Å². The number of nitrogens with one attached hydrogen (secondary N) is 1. The lowest BCUT2D eigenvalue weighted by molar-refractivity contribution is -0.132. The van der Waals surface area contributed by atoms with E-state index in [0.717, 1.165) is 12.3 Å². The summed E-state index contributed by atoms with van der Waals surface area (Å²) in [6, 6.07) is 2.41. The van der Waals surface area contributed by atoms with Crippen molar-refractivity contribution in [2.24, 2.45) is 0 Å². The highest BCUT2D eigenvalue weighted by molar-refractivity contribution is 7.89. The molecule has 0 radical (unpaired) electrons. The number of anilines is 1. The molecule has 0 aliphatic carbocycles. The van der Waals surface area contributed by atoms with Crippen molar-refractivity contribution in [3.63, 3.8) is 0 Å². The van der Waals surface area contributed by atoms with Gasteiger partial charge in [-0.2, -0.15) is 13.2 Å². The molecule has 1 rings (SSSR count). The van der Waals surface area contributed by atoms with E-state index >= 15 is 0 Å². The molecule has 3 N–H and O–H groups in total. The summed E-state index contributed by atoms with van der Waals surface area (Å²) in [7, 11) is -3.97. The molecule has 0 aromatic carbocycles. The van der Waals surface area contributed by atoms with Gasteiger partial charge in [-0.1, -0.05) is 0 Å². The van der Waals surface area contributed by atoms with Crippen molar-refractivity contribution in [2.45, 2.75) is 17.5 Å². The van der Waals surface area contributed by atoms with Gasteiger partial charge >= 0.3 is 6.18 Å². The van der Waals surface area contributed by atoms with E-state index < -0.39 is 29.2 Å². The highest BCUT2D eigenvalue weighted by Crippen LogP contribution is 2.18. The molecule has 96 valence electrons. The van der Waals surface area contributed by atoms with Crippen molar-refractivity contribution in [1.29, 1.82) is 0 Å². The van der Waals surface area contributed by atoms with Crippen LogP contribution in [-0.4, -0.2) is 26.1 Å². The molecule has 0 bridgehead atoms. The number of nitrogens with zero attached hydrogens (tertiary/aromatic N) is 1. The van der Waals surface area contributed by atoms with Crippen LogP contribution in [-0.2, 0) is 10.0 Å². The van der Waals surface area contributed by atoms with Crippen LogP contribution >= 0.6 is 0 Å². The van der Waals surface area contributed by atoms with E-state index in [-0.39, 0.29) is 10.7 Å². The summed E-state index contributed by atoms with van der Waals surface area (Å²) < 4.78 is 60.2. The minimum absolute atomic E-state index is 0.124. The van der Waals surface area contributed by atoms with Gasteiger partial charge in [-0.25, -0.2) is 18.1 Å². The Morgan fingerprint density at radius 3 is 2.47 bits per heavy atom. The van der Waals surface area contributed by atoms with Gasteiger partial charge in [0, 0.05) is 12.7 Å². The Labute approximate surface area is 95.9 Å². The minimum atomic E-state index is -4.40. The first-order chi connectivity index (χ1) is 7.71. The standard InChI is InChI=1S/C8H10F3N3O2S/c9-8(10,11)3-4-14-17(15,16)6-1-2-7(12)13-5-6/h1-2,5,14H,3-4H2,(H2,12,13). The summed E-state index contributed by atoms with van der Waals surface area (Å²) in [5.74, 6) is 0.124. The molecule has 1 aromatic rings. The van der Waals surface area contributed by atoms with Gasteiger partial charge in [-0.05, 0) is 12.1 Å². The fourth-order valence-electron chi connectivity index (χ4n) is 0.961. The lowest BCUT2D eigenvalue weighted by Crippen LogP contribution is -2.28. The first-order valence-corrected chi connectivity index (χ1v) is 5.97. The molecule has 0 atom stereocenters. The molecule has 0 saturated carbocycles. The van der Waals surface area contributed by atoms with Gasteiger partial charge in [0.2, 0.25) is 10.0 Å². The average molecular weight is 269 g/mol. The molecule has 0 spiro atoms. The Hall–Kier alpha value is -1.35. The van der Waals surface area contributed by atoms with Gasteiger partial charge in [0.25, 0.3) is 0 Å². The zero-order valence-electron chi connectivity index (χ0n) is 8.53. The van der Waals surface area contributed by atoms with E-state index in [4.69, 9.17) is 5.73 Å².